The number of hydrogen-bond acceptors (Lipinski definition) is 4. The number of benzene rings is 2. The molecule has 4 nitrogen and oxygen atoms in total. The van der Waals surface area contributed by atoms with E-state index in [1.165, 1.54) is 37.5 Å². The van der Waals surface area contributed by atoms with E-state index in [0.717, 1.165) is 5.56 Å². The molecule has 0 radical (unpaired) electrons. The second-order valence-electron chi connectivity index (χ2n) is 5.27. The third-order valence-corrected chi connectivity index (χ3v) is 4.11. The number of aryl methyl sites for hydroxylation is 1. The summed E-state index contributed by atoms with van der Waals surface area (Å²) in [5.74, 6) is -2.55. The van der Waals surface area contributed by atoms with Crippen LogP contribution in [0.2, 0.25) is 0 Å². The molecule has 0 heterocycles. The normalized spacial score (nSPS) is 11.2. The minimum atomic E-state index is -2.51. The van der Waals surface area contributed by atoms with Crippen LogP contribution >= 0.6 is 11.8 Å². The number of amides is 1. The monoisotopic (exact) mass is 374 g/mol. The van der Waals surface area contributed by atoms with Gasteiger partial charge in [0, 0.05) is 16.1 Å². The van der Waals surface area contributed by atoms with Gasteiger partial charge in [0.15, 0.2) is 0 Å². The van der Waals surface area contributed by atoms with Gasteiger partial charge in [-0.2, -0.15) is 14.0 Å². The Morgan fingerprint density at radius 1 is 1.27 bits per heavy atom. The van der Waals surface area contributed by atoms with Crippen LogP contribution in [0.4, 0.5) is 14.5 Å². The second-order valence-corrected chi connectivity index (χ2v) is 6.34. The van der Waals surface area contributed by atoms with E-state index < -0.39 is 11.7 Å². The summed E-state index contributed by atoms with van der Waals surface area (Å²) < 4.78 is 29.9. The van der Waals surface area contributed by atoms with Crippen molar-refractivity contribution in [3.8, 4) is 11.8 Å². The standard InChI is InChI=1S/C19H16F2N2O2S/c1-12-3-8-17(25-2)13(9-12)10-14(11-22)18(24)23-15-4-6-16(7-5-15)26-19(20)21/h3-10,19H,1-2H3,(H,23,24)/b14-10+. The molecule has 0 fully saturated rings. The number of nitriles is 1. The maximum absolute atomic E-state index is 12.3. The summed E-state index contributed by atoms with van der Waals surface area (Å²) in [6.45, 7) is 1.89. The highest BCUT2D eigenvalue weighted by atomic mass is 32.2. The van der Waals surface area contributed by atoms with E-state index >= 15 is 0 Å². The van der Waals surface area contributed by atoms with Crippen LogP contribution in [0.25, 0.3) is 6.08 Å². The maximum atomic E-state index is 12.3. The average molecular weight is 374 g/mol. The third-order valence-electron chi connectivity index (χ3n) is 3.39. The van der Waals surface area contributed by atoms with Gasteiger partial charge < -0.3 is 10.1 Å². The van der Waals surface area contributed by atoms with Gasteiger partial charge in [-0.15, -0.1) is 0 Å². The fourth-order valence-electron chi connectivity index (χ4n) is 2.19. The molecule has 2 aromatic rings. The molecule has 0 spiro atoms. The molecule has 0 aliphatic rings. The highest BCUT2D eigenvalue weighted by molar-refractivity contribution is 7.99. The molecule has 26 heavy (non-hydrogen) atoms. The van der Waals surface area contributed by atoms with Crippen molar-refractivity contribution in [1.29, 1.82) is 5.26 Å². The van der Waals surface area contributed by atoms with Crippen LogP contribution in [0.3, 0.4) is 0 Å². The number of nitrogens with zero attached hydrogens (tertiary/aromatic N) is 1. The van der Waals surface area contributed by atoms with Crippen LogP contribution in [-0.4, -0.2) is 18.8 Å². The SMILES string of the molecule is COc1ccc(C)cc1/C=C(\C#N)C(=O)Nc1ccc(SC(F)F)cc1. The van der Waals surface area contributed by atoms with Crippen molar-refractivity contribution in [3.05, 3.63) is 59.2 Å². The first-order chi connectivity index (χ1) is 12.4. The summed E-state index contributed by atoms with van der Waals surface area (Å²) in [4.78, 5) is 12.7. The second kappa shape index (κ2) is 9.02. The van der Waals surface area contributed by atoms with E-state index in [2.05, 4.69) is 5.32 Å². The van der Waals surface area contributed by atoms with E-state index in [1.54, 1.807) is 12.1 Å². The van der Waals surface area contributed by atoms with Crippen molar-refractivity contribution >= 4 is 29.4 Å². The predicted molar refractivity (Wildman–Crippen MR) is 98.3 cm³/mol. The molecule has 0 aromatic heterocycles. The minimum absolute atomic E-state index is 0.0973. The fraction of sp³-hybridized carbons (Fsp3) is 0.158. The summed E-state index contributed by atoms with van der Waals surface area (Å²) in [5.41, 5.74) is 1.88. The Labute approximate surface area is 154 Å². The van der Waals surface area contributed by atoms with Crippen molar-refractivity contribution in [2.45, 2.75) is 17.6 Å². The molecular weight excluding hydrogens is 358 g/mol. The van der Waals surface area contributed by atoms with Crippen LogP contribution in [0, 0.1) is 18.3 Å². The van der Waals surface area contributed by atoms with Crippen LogP contribution in [0.15, 0.2) is 52.9 Å². The van der Waals surface area contributed by atoms with Crippen LogP contribution in [0.1, 0.15) is 11.1 Å². The molecular formula is C19H16F2N2O2S. The minimum Gasteiger partial charge on any atom is -0.496 e. The molecule has 0 aliphatic heterocycles. The van der Waals surface area contributed by atoms with Crippen LogP contribution in [0.5, 0.6) is 5.75 Å². The number of alkyl halides is 2. The number of ether oxygens (including phenoxy) is 1. The van der Waals surface area contributed by atoms with E-state index in [-0.39, 0.29) is 5.57 Å². The highest BCUT2D eigenvalue weighted by Gasteiger charge is 2.12. The molecule has 7 heteroatoms. The number of anilines is 1. The Balaban J connectivity index is 2.19. The lowest BCUT2D eigenvalue weighted by Crippen LogP contribution is -2.13. The van der Waals surface area contributed by atoms with Gasteiger partial charge in [0.05, 0.1) is 7.11 Å². The van der Waals surface area contributed by atoms with Gasteiger partial charge in [-0.05, 0) is 49.4 Å². The van der Waals surface area contributed by atoms with Gasteiger partial charge in [-0.3, -0.25) is 4.79 Å². The number of hydrogen-bond donors (Lipinski definition) is 1. The van der Waals surface area contributed by atoms with Crippen LogP contribution in [-0.2, 0) is 4.79 Å². The zero-order valence-corrected chi connectivity index (χ0v) is 14.9. The molecule has 0 bridgehead atoms. The summed E-state index contributed by atoms with van der Waals surface area (Å²) in [7, 11) is 1.51. The average Bonchev–Trinajstić information content (AvgIpc) is 2.61. The lowest BCUT2D eigenvalue weighted by atomic mass is 10.1. The van der Waals surface area contributed by atoms with E-state index in [1.807, 2.05) is 19.1 Å². The summed E-state index contributed by atoms with van der Waals surface area (Å²) in [5, 5.41) is 11.9. The summed E-state index contributed by atoms with van der Waals surface area (Å²) in [6, 6.07) is 13.3. The number of nitrogens with one attached hydrogen (secondary N) is 1. The zero-order chi connectivity index (χ0) is 19.1. The first-order valence-electron chi connectivity index (χ1n) is 7.55. The van der Waals surface area contributed by atoms with Gasteiger partial charge >= 0.3 is 0 Å². The summed E-state index contributed by atoms with van der Waals surface area (Å²) >= 11 is 0.420. The molecule has 1 N–H and O–H groups in total. The van der Waals surface area contributed by atoms with E-state index in [0.29, 0.717) is 33.7 Å². The number of methoxy groups -OCH3 is 1. The van der Waals surface area contributed by atoms with Gasteiger partial charge in [-0.25, -0.2) is 0 Å². The van der Waals surface area contributed by atoms with Crippen molar-refractivity contribution in [1.82, 2.24) is 0 Å². The van der Waals surface area contributed by atoms with E-state index in [4.69, 9.17) is 4.74 Å². The topological polar surface area (TPSA) is 62.1 Å². The first kappa shape index (κ1) is 19.5. The zero-order valence-electron chi connectivity index (χ0n) is 14.1. The molecule has 0 unspecified atom stereocenters. The highest BCUT2D eigenvalue weighted by Crippen LogP contribution is 2.26. The number of rotatable bonds is 6. The molecule has 0 atom stereocenters. The quantitative estimate of drug-likeness (QED) is 0.445. The van der Waals surface area contributed by atoms with Gasteiger partial charge in [-0.1, -0.05) is 23.4 Å². The Morgan fingerprint density at radius 3 is 2.54 bits per heavy atom. The fourth-order valence-corrected chi connectivity index (χ4v) is 2.69. The molecule has 2 aromatic carbocycles. The first-order valence-corrected chi connectivity index (χ1v) is 8.43. The Morgan fingerprint density at radius 2 is 1.96 bits per heavy atom. The lowest BCUT2D eigenvalue weighted by Gasteiger charge is -2.08. The molecule has 1 amide bonds. The molecule has 0 aliphatic carbocycles. The number of carbonyl (C=O) groups is 1. The van der Waals surface area contributed by atoms with Gasteiger partial charge in [0.25, 0.3) is 11.7 Å². The van der Waals surface area contributed by atoms with Crippen molar-refractivity contribution in [2.75, 3.05) is 12.4 Å². The predicted octanol–water partition coefficient (Wildman–Crippen LogP) is 4.86. The number of thioether (sulfide) groups is 1. The van der Waals surface area contributed by atoms with Gasteiger partial charge in [0.1, 0.15) is 17.4 Å². The molecule has 0 saturated carbocycles. The third kappa shape index (κ3) is 5.33. The van der Waals surface area contributed by atoms with Crippen molar-refractivity contribution < 1.29 is 18.3 Å². The molecule has 0 saturated heterocycles. The van der Waals surface area contributed by atoms with Crippen molar-refractivity contribution in [3.63, 3.8) is 0 Å². The summed E-state index contributed by atoms with van der Waals surface area (Å²) in [6.07, 6.45) is 1.45. The van der Waals surface area contributed by atoms with Gasteiger partial charge in [0.2, 0.25) is 0 Å². The van der Waals surface area contributed by atoms with Crippen molar-refractivity contribution in [2.24, 2.45) is 0 Å². The Hall–Kier alpha value is -2.85. The van der Waals surface area contributed by atoms with E-state index in [9.17, 15) is 18.8 Å². The largest absolute Gasteiger partial charge is 0.496 e. The number of halogens is 2. The number of carbonyl (C=O) groups excluding carboxylic acids is 1. The Bertz CT molecular complexity index is 859. The molecule has 134 valence electrons. The van der Waals surface area contributed by atoms with Crippen LogP contribution < -0.4 is 10.1 Å². The lowest BCUT2D eigenvalue weighted by molar-refractivity contribution is -0.112. The maximum Gasteiger partial charge on any atom is 0.288 e. The molecule has 2 rings (SSSR count). The smallest absolute Gasteiger partial charge is 0.288 e. The Kier molecular flexibility index (Phi) is 6.75.